The Morgan fingerprint density at radius 2 is 1.95 bits per heavy atom. The van der Waals surface area contributed by atoms with Crippen LogP contribution in [0.3, 0.4) is 0 Å². The maximum atomic E-state index is 10.3. The van der Waals surface area contributed by atoms with Crippen molar-refractivity contribution < 1.29 is 5.11 Å². The summed E-state index contributed by atoms with van der Waals surface area (Å²) in [7, 11) is 0. The molecule has 0 bridgehead atoms. The lowest BCUT2D eigenvalue weighted by Gasteiger charge is -2.24. The first-order valence-electron chi connectivity index (χ1n) is 7.14. The predicted molar refractivity (Wildman–Crippen MR) is 81.1 cm³/mol. The Morgan fingerprint density at radius 1 is 1.26 bits per heavy atom. The van der Waals surface area contributed by atoms with E-state index in [2.05, 4.69) is 37.8 Å². The molecule has 2 heteroatoms. The minimum atomic E-state index is 0.400. The Hall–Kier alpha value is -1.70. The molecule has 2 aromatic rings. The second-order valence-electron chi connectivity index (χ2n) is 5.73. The molecular formula is C17H21NO. The maximum Gasteiger partial charge on any atom is 0.125 e. The second kappa shape index (κ2) is 4.44. The first-order valence-corrected chi connectivity index (χ1v) is 7.14. The van der Waals surface area contributed by atoms with E-state index in [1.807, 2.05) is 18.2 Å². The SMILES string of the molecule is CCC1CN(C(C)C)c2cc(O)c3ccccc3c21. The van der Waals surface area contributed by atoms with Crippen LogP contribution >= 0.6 is 0 Å². The topological polar surface area (TPSA) is 23.5 Å². The van der Waals surface area contributed by atoms with Crippen LogP contribution in [0.2, 0.25) is 0 Å². The highest BCUT2D eigenvalue weighted by molar-refractivity contribution is 5.96. The van der Waals surface area contributed by atoms with Crippen molar-refractivity contribution in [1.82, 2.24) is 0 Å². The highest BCUT2D eigenvalue weighted by atomic mass is 16.3. The van der Waals surface area contributed by atoms with E-state index >= 15 is 0 Å². The number of hydrogen-bond acceptors (Lipinski definition) is 2. The van der Waals surface area contributed by atoms with Crippen molar-refractivity contribution in [1.29, 1.82) is 0 Å². The largest absolute Gasteiger partial charge is 0.507 e. The van der Waals surface area contributed by atoms with Gasteiger partial charge in [0.2, 0.25) is 0 Å². The minimum absolute atomic E-state index is 0.400. The molecule has 0 aliphatic carbocycles. The highest BCUT2D eigenvalue weighted by Gasteiger charge is 2.31. The van der Waals surface area contributed by atoms with Crippen molar-refractivity contribution >= 4 is 16.5 Å². The van der Waals surface area contributed by atoms with Gasteiger partial charge in [-0.1, -0.05) is 31.2 Å². The molecule has 1 heterocycles. The number of rotatable bonds is 2. The smallest absolute Gasteiger partial charge is 0.125 e. The van der Waals surface area contributed by atoms with Crippen molar-refractivity contribution in [3.63, 3.8) is 0 Å². The molecule has 2 aromatic carbocycles. The predicted octanol–water partition coefficient (Wildman–Crippen LogP) is 4.27. The van der Waals surface area contributed by atoms with Gasteiger partial charge in [-0.2, -0.15) is 0 Å². The summed E-state index contributed by atoms with van der Waals surface area (Å²) in [6.07, 6.45) is 1.14. The summed E-state index contributed by atoms with van der Waals surface area (Å²) in [5.74, 6) is 0.972. The van der Waals surface area contributed by atoms with Crippen LogP contribution in [0.15, 0.2) is 30.3 Å². The average Bonchev–Trinajstić information content (AvgIpc) is 2.78. The lowest BCUT2D eigenvalue weighted by molar-refractivity contribution is 0.481. The number of phenolic OH excluding ortho intramolecular Hbond substituents is 1. The Bertz CT molecular complexity index is 618. The second-order valence-corrected chi connectivity index (χ2v) is 5.73. The van der Waals surface area contributed by atoms with E-state index in [0.29, 0.717) is 17.7 Å². The summed E-state index contributed by atoms with van der Waals surface area (Å²) in [4.78, 5) is 2.41. The fourth-order valence-corrected chi connectivity index (χ4v) is 3.28. The number of fused-ring (bicyclic) bond motifs is 3. The van der Waals surface area contributed by atoms with Crippen molar-refractivity contribution in [3.05, 3.63) is 35.9 Å². The molecule has 1 N–H and O–H groups in total. The fourth-order valence-electron chi connectivity index (χ4n) is 3.28. The molecular weight excluding hydrogens is 234 g/mol. The first kappa shape index (κ1) is 12.3. The summed E-state index contributed by atoms with van der Waals surface area (Å²) >= 11 is 0. The molecule has 1 atom stereocenters. The van der Waals surface area contributed by atoms with E-state index in [4.69, 9.17) is 0 Å². The third kappa shape index (κ3) is 1.78. The van der Waals surface area contributed by atoms with Gasteiger partial charge >= 0.3 is 0 Å². The van der Waals surface area contributed by atoms with Gasteiger partial charge in [-0.3, -0.25) is 0 Å². The van der Waals surface area contributed by atoms with Gasteiger partial charge in [-0.25, -0.2) is 0 Å². The Kier molecular flexibility index (Phi) is 2.89. The van der Waals surface area contributed by atoms with E-state index in [1.165, 1.54) is 16.6 Å². The Balaban J connectivity index is 2.31. The zero-order chi connectivity index (χ0) is 13.6. The first-order chi connectivity index (χ1) is 9.13. The zero-order valence-corrected chi connectivity index (χ0v) is 11.9. The molecule has 0 saturated heterocycles. The van der Waals surface area contributed by atoms with Gasteiger partial charge in [0.15, 0.2) is 0 Å². The molecule has 100 valence electrons. The van der Waals surface area contributed by atoms with Crippen molar-refractivity contribution in [2.75, 3.05) is 11.4 Å². The van der Waals surface area contributed by atoms with E-state index in [-0.39, 0.29) is 0 Å². The van der Waals surface area contributed by atoms with Gasteiger partial charge < -0.3 is 10.0 Å². The summed E-state index contributed by atoms with van der Waals surface area (Å²) in [5, 5.41) is 12.5. The number of hydrogen-bond donors (Lipinski definition) is 1. The van der Waals surface area contributed by atoms with Crippen LogP contribution in [-0.4, -0.2) is 17.7 Å². The van der Waals surface area contributed by atoms with E-state index in [9.17, 15) is 5.11 Å². The van der Waals surface area contributed by atoms with Gasteiger partial charge in [-0.05, 0) is 31.2 Å². The normalized spacial score (nSPS) is 18.3. The third-order valence-electron chi connectivity index (χ3n) is 4.29. The Morgan fingerprint density at radius 3 is 2.58 bits per heavy atom. The van der Waals surface area contributed by atoms with Gasteiger partial charge in [0.05, 0.1) is 0 Å². The van der Waals surface area contributed by atoms with Crippen molar-refractivity contribution in [3.8, 4) is 5.75 Å². The van der Waals surface area contributed by atoms with Crippen LogP contribution < -0.4 is 4.90 Å². The molecule has 0 aromatic heterocycles. The summed E-state index contributed by atoms with van der Waals surface area (Å²) < 4.78 is 0. The van der Waals surface area contributed by atoms with Crippen LogP contribution in [0.25, 0.3) is 10.8 Å². The quantitative estimate of drug-likeness (QED) is 0.866. The fraction of sp³-hybridized carbons (Fsp3) is 0.412. The van der Waals surface area contributed by atoms with Crippen molar-refractivity contribution in [2.24, 2.45) is 0 Å². The molecule has 0 saturated carbocycles. The standard InChI is InChI=1S/C17H21NO/c1-4-12-10-18(11(2)3)15-9-16(19)13-7-5-6-8-14(13)17(12)15/h5-9,11-12,19H,4,10H2,1-3H3. The van der Waals surface area contributed by atoms with E-state index < -0.39 is 0 Å². The number of anilines is 1. The zero-order valence-electron chi connectivity index (χ0n) is 11.9. The molecule has 2 nitrogen and oxygen atoms in total. The van der Waals surface area contributed by atoms with E-state index in [0.717, 1.165) is 18.4 Å². The maximum absolute atomic E-state index is 10.3. The molecule has 0 fully saturated rings. The minimum Gasteiger partial charge on any atom is -0.507 e. The summed E-state index contributed by atoms with van der Waals surface area (Å²) in [5.41, 5.74) is 2.64. The molecule has 0 radical (unpaired) electrons. The van der Waals surface area contributed by atoms with Gasteiger partial charge in [-0.15, -0.1) is 0 Å². The van der Waals surface area contributed by atoms with Gasteiger partial charge in [0.1, 0.15) is 5.75 Å². The number of benzene rings is 2. The van der Waals surface area contributed by atoms with Crippen LogP contribution in [0.4, 0.5) is 5.69 Å². The monoisotopic (exact) mass is 255 g/mol. The molecule has 19 heavy (non-hydrogen) atoms. The van der Waals surface area contributed by atoms with Crippen molar-refractivity contribution in [2.45, 2.75) is 39.2 Å². The van der Waals surface area contributed by atoms with E-state index in [1.54, 1.807) is 0 Å². The number of aromatic hydroxyl groups is 1. The molecule has 1 aliphatic heterocycles. The molecule has 0 spiro atoms. The van der Waals surface area contributed by atoms with Crippen LogP contribution in [0.1, 0.15) is 38.7 Å². The van der Waals surface area contributed by atoms with Crippen LogP contribution in [0.5, 0.6) is 5.75 Å². The number of phenols is 1. The summed E-state index contributed by atoms with van der Waals surface area (Å²) in [6.45, 7) is 7.75. The van der Waals surface area contributed by atoms with Gasteiger partial charge in [0, 0.05) is 35.6 Å². The van der Waals surface area contributed by atoms with Gasteiger partial charge in [0.25, 0.3) is 0 Å². The van der Waals surface area contributed by atoms with Crippen LogP contribution in [-0.2, 0) is 0 Å². The lowest BCUT2D eigenvalue weighted by atomic mass is 9.93. The Labute approximate surface area is 114 Å². The third-order valence-corrected chi connectivity index (χ3v) is 4.29. The van der Waals surface area contributed by atoms with Crippen LogP contribution in [0, 0.1) is 0 Å². The lowest BCUT2D eigenvalue weighted by Crippen LogP contribution is -2.29. The molecule has 0 amide bonds. The summed E-state index contributed by atoms with van der Waals surface area (Å²) in [6, 6.07) is 10.6. The highest BCUT2D eigenvalue weighted by Crippen LogP contribution is 2.46. The molecule has 3 rings (SSSR count). The molecule has 1 aliphatic rings. The average molecular weight is 255 g/mol. The molecule has 1 unspecified atom stereocenters. The number of nitrogens with zero attached hydrogens (tertiary/aromatic N) is 1.